The Morgan fingerprint density at radius 3 is 2.48 bits per heavy atom. The van der Waals surface area contributed by atoms with E-state index >= 15 is 0 Å². The number of rotatable bonds is 6. The fourth-order valence-corrected chi connectivity index (χ4v) is 3.16. The van der Waals surface area contributed by atoms with Crippen molar-refractivity contribution in [2.45, 2.75) is 17.7 Å². The molecule has 1 aliphatic carbocycles. The van der Waals surface area contributed by atoms with Crippen LogP contribution >= 0.6 is 11.8 Å². The van der Waals surface area contributed by atoms with Crippen LogP contribution in [0.2, 0.25) is 0 Å². The first-order valence-corrected chi connectivity index (χ1v) is 8.00. The molecule has 1 aromatic carbocycles. The van der Waals surface area contributed by atoms with Gasteiger partial charge < -0.3 is 10.4 Å². The Balaban J connectivity index is 1.76. The summed E-state index contributed by atoms with van der Waals surface area (Å²) in [6.45, 7) is 0.547. The van der Waals surface area contributed by atoms with Crippen molar-refractivity contribution in [3.8, 4) is 0 Å². The number of hydrogen-bond donors (Lipinski definition) is 2. The van der Waals surface area contributed by atoms with Gasteiger partial charge in [-0.2, -0.15) is 0 Å². The monoisotopic (exact) mass is 305 g/mol. The van der Waals surface area contributed by atoms with Crippen molar-refractivity contribution in [3.63, 3.8) is 0 Å². The number of thioether (sulfide) groups is 1. The average molecular weight is 305 g/mol. The van der Waals surface area contributed by atoms with Gasteiger partial charge in [-0.1, -0.05) is 30.4 Å². The maximum atomic E-state index is 12.1. The number of nitrogens with one attached hydrogen (secondary N) is 1. The number of benzene rings is 1. The number of carbonyl (C=O) groups is 2. The van der Waals surface area contributed by atoms with Gasteiger partial charge in [-0.25, -0.2) is 0 Å². The summed E-state index contributed by atoms with van der Waals surface area (Å²) < 4.78 is 0. The fourth-order valence-electron chi connectivity index (χ4n) is 2.37. The summed E-state index contributed by atoms with van der Waals surface area (Å²) in [6, 6.07) is 9.98. The Bertz CT molecular complexity index is 516. The quantitative estimate of drug-likeness (QED) is 0.481. The van der Waals surface area contributed by atoms with Gasteiger partial charge in [0.25, 0.3) is 0 Å². The highest BCUT2D eigenvalue weighted by molar-refractivity contribution is 7.99. The lowest BCUT2D eigenvalue weighted by molar-refractivity contribution is -0.147. The molecule has 1 aliphatic rings. The molecule has 1 aromatic rings. The van der Waals surface area contributed by atoms with E-state index in [2.05, 4.69) is 5.32 Å². The van der Waals surface area contributed by atoms with Crippen LogP contribution in [0.4, 0.5) is 0 Å². The molecule has 0 saturated heterocycles. The van der Waals surface area contributed by atoms with Crippen LogP contribution in [0.25, 0.3) is 0 Å². The van der Waals surface area contributed by atoms with E-state index in [0.29, 0.717) is 19.4 Å². The molecule has 21 heavy (non-hydrogen) atoms. The zero-order valence-corrected chi connectivity index (χ0v) is 12.5. The molecule has 2 N–H and O–H groups in total. The third-order valence-corrected chi connectivity index (χ3v) is 4.51. The highest BCUT2D eigenvalue weighted by Gasteiger charge is 2.33. The highest BCUT2D eigenvalue weighted by Crippen LogP contribution is 2.26. The van der Waals surface area contributed by atoms with Crippen LogP contribution in [-0.4, -0.2) is 29.3 Å². The van der Waals surface area contributed by atoms with Crippen LogP contribution in [0.15, 0.2) is 47.4 Å². The molecule has 112 valence electrons. The molecule has 0 aliphatic heterocycles. The molecule has 4 nitrogen and oxygen atoms in total. The summed E-state index contributed by atoms with van der Waals surface area (Å²) in [7, 11) is 0. The van der Waals surface area contributed by atoms with Crippen molar-refractivity contribution in [2.75, 3.05) is 12.3 Å². The molecule has 0 bridgehead atoms. The predicted molar refractivity (Wildman–Crippen MR) is 83.2 cm³/mol. The van der Waals surface area contributed by atoms with Gasteiger partial charge in [0.05, 0.1) is 11.8 Å². The minimum Gasteiger partial charge on any atom is -0.481 e. The Kier molecular flexibility index (Phi) is 5.87. The molecule has 0 spiro atoms. The molecule has 0 fully saturated rings. The second-order valence-electron chi connectivity index (χ2n) is 4.95. The van der Waals surface area contributed by atoms with Gasteiger partial charge in [-0.05, 0) is 25.0 Å². The summed E-state index contributed by atoms with van der Waals surface area (Å²) in [4.78, 5) is 24.4. The largest absolute Gasteiger partial charge is 0.481 e. The molecular weight excluding hydrogens is 286 g/mol. The second-order valence-corrected chi connectivity index (χ2v) is 6.11. The first-order chi connectivity index (χ1) is 10.2. The van der Waals surface area contributed by atoms with Crippen LogP contribution in [0.3, 0.4) is 0 Å². The van der Waals surface area contributed by atoms with Crippen LogP contribution in [0.5, 0.6) is 0 Å². The Morgan fingerprint density at radius 2 is 1.81 bits per heavy atom. The van der Waals surface area contributed by atoms with Crippen LogP contribution < -0.4 is 5.32 Å². The van der Waals surface area contributed by atoms with E-state index in [4.69, 9.17) is 5.11 Å². The lowest BCUT2D eigenvalue weighted by Gasteiger charge is -2.24. The molecule has 0 radical (unpaired) electrons. The van der Waals surface area contributed by atoms with Gasteiger partial charge in [0.15, 0.2) is 0 Å². The van der Waals surface area contributed by atoms with E-state index in [1.807, 2.05) is 42.5 Å². The van der Waals surface area contributed by atoms with Crippen molar-refractivity contribution >= 4 is 23.6 Å². The molecule has 2 rings (SSSR count). The van der Waals surface area contributed by atoms with E-state index in [-0.39, 0.29) is 5.91 Å². The summed E-state index contributed by atoms with van der Waals surface area (Å²) in [5.74, 6) is -1.32. The van der Waals surface area contributed by atoms with Gasteiger partial charge >= 0.3 is 5.97 Å². The molecule has 0 heterocycles. The highest BCUT2D eigenvalue weighted by atomic mass is 32.2. The maximum absolute atomic E-state index is 12.1. The van der Waals surface area contributed by atoms with Crippen LogP contribution in [-0.2, 0) is 9.59 Å². The third kappa shape index (κ3) is 4.63. The van der Waals surface area contributed by atoms with Crippen LogP contribution in [0.1, 0.15) is 12.8 Å². The van der Waals surface area contributed by atoms with Crippen molar-refractivity contribution in [3.05, 3.63) is 42.5 Å². The lowest BCUT2D eigenvalue weighted by Crippen LogP contribution is -2.39. The third-order valence-electron chi connectivity index (χ3n) is 3.50. The first kappa shape index (κ1) is 15.6. The molecule has 1 amide bonds. The van der Waals surface area contributed by atoms with E-state index in [1.165, 1.54) is 0 Å². The molecule has 5 heteroatoms. The first-order valence-electron chi connectivity index (χ1n) is 7.02. The van der Waals surface area contributed by atoms with Gasteiger partial charge in [0.2, 0.25) is 5.91 Å². The number of aliphatic carboxylic acids is 1. The smallest absolute Gasteiger partial charge is 0.307 e. The Labute approximate surface area is 128 Å². The number of hydrogen-bond acceptors (Lipinski definition) is 3. The number of amides is 1. The Morgan fingerprint density at radius 1 is 1.14 bits per heavy atom. The normalized spacial score (nSPS) is 21.0. The van der Waals surface area contributed by atoms with Crippen molar-refractivity contribution in [1.82, 2.24) is 5.32 Å². The molecule has 2 unspecified atom stereocenters. The number of carbonyl (C=O) groups excluding carboxylic acids is 1. The van der Waals surface area contributed by atoms with Crippen molar-refractivity contribution in [1.29, 1.82) is 0 Å². The van der Waals surface area contributed by atoms with Gasteiger partial charge in [-0.15, -0.1) is 11.8 Å². The van der Waals surface area contributed by atoms with E-state index < -0.39 is 17.8 Å². The lowest BCUT2D eigenvalue weighted by atomic mass is 9.82. The molecule has 0 saturated carbocycles. The molecular formula is C16H19NO3S. The summed E-state index contributed by atoms with van der Waals surface area (Å²) in [5.41, 5.74) is 0. The number of carboxylic acids is 1. The predicted octanol–water partition coefficient (Wildman–Crippen LogP) is 2.56. The van der Waals surface area contributed by atoms with Crippen molar-refractivity contribution in [2.24, 2.45) is 11.8 Å². The van der Waals surface area contributed by atoms with Gasteiger partial charge in [0.1, 0.15) is 0 Å². The summed E-state index contributed by atoms with van der Waals surface area (Å²) in [5, 5.41) is 12.0. The van der Waals surface area contributed by atoms with Crippen molar-refractivity contribution < 1.29 is 14.7 Å². The van der Waals surface area contributed by atoms with Gasteiger partial charge in [-0.3, -0.25) is 9.59 Å². The topological polar surface area (TPSA) is 66.4 Å². The zero-order chi connectivity index (χ0) is 15.1. The number of allylic oxidation sites excluding steroid dienone is 2. The standard InChI is InChI=1S/C16H19NO3S/c18-15(13-8-4-5-9-14(13)16(19)20)17-10-11-21-12-6-2-1-3-7-12/h1-7,13-14H,8-11H2,(H,17,18)(H,19,20). The second kappa shape index (κ2) is 7.88. The fraction of sp³-hybridized carbons (Fsp3) is 0.375. The molecule has 2 atom stereocenters. The van der Waals surface area contributed by atoms with Gasteiger partial charge in [0, 0.05) is 17.2 Å². The zero-order valence-electron chi connectivity index (χ0n) is 11.7. The Hall–Kier alpha value is -1.75. The van der Waals surface area contributed by atoms with E-state index in [0.717, 1.165) is 10.6 Å². The average Bonchev–Trinajstić information content (AvgIpc) is 2.52. The summed E-state index contributed by atoms with van der Waals surface area (Å²) in [6.07, 6.45) is 4.68. The minimum absolute atomic E-state index is 0.152. The maximum Gasteiger partial charge on any atom is 0.307 e. The van der Waals surface area contributed by atoms with Crippen LogP contribution in [0, 0.1) is 11.8 Å². The SMILES string of the molecule is O=C(O)C1CC=CCC1C(=O)NCCSc1ccccc1. The minimum atomic E-state index is -0.891. The summed E-state index contributed by atoms with van der Waals surface area (Å²) >= 11 is 1.67. The van der Waals surface area contributed by atoms with E-state index in [9.17, 15) is 9.59 Å². The molecule has 0 aromatic heterocycles. The number of carboxylic acid groups (broad SMARTS) is 1. The van der Waals surface area contributed by atoms with E-state index in [1.54, 1.807) is 11.8 Å².